The van der Waals surface area contributed by atoms with E-state index in [0.717, 1.165) is 41.4 Å². The van der Waals surface area contributed by atoms with Gasteiger partial charge in [0.15, 0.2) is 0 Å². The minimum atomic E-state index is -3.96. The Labute approximate surface area is 219 Å². The number of halogens is 1. The van der Waals surface area contributed by atoms with E-state index in [9.17, 15) is 13.2 Å². The van der Waals surface area contributed by atoms with Crippen molar-refractivity contribution in [2.24, 2.45) is 5.10 Å². The third-order valence-corrected chi connectivity index (χ3v) is 9.04. The lowest BCUT2D eigenvalue weighted by Crippen LogP contribution is -2.52. The molecule has 2 aliphatic rings. The van der Waals surface area contributed by atoms with Gasteiger partial charge in [-0.25, -0.2) is 14.1 Å². The average Bonchev–Trinajstić information content (AvgIpc) is 3.59. The molecule has 194 valence electrons. The molecule has 2 amide bonds. The summed E-state index contributed by atoms with van der Waals surface area (Å²) < 4.78 is 29.6. The van der Waals surface area contributed by atoms with Gasteiger partial charge in [0.1, 0.15) is 0 Å². The predicted octanol–water partition coefficient (Wildman–Crippen LogP) is 4.25. The van der Waals surface area contributed by atoms with Gasteiger partial charge in [0.05, 0.1) is 18.8 Å². The first-order chi connectivity index (χ1) is 17.3. The fourth-order valence-corrected chi connectivity index (χ4v) is 6.45. The number of hydrogen-bond acceptors (Lipinski definition) is 5. The Hall–Kier alpha value is -2.46. The summed E-state index contributed by atoms with van der Waals surface area (Å²) in [5.74, 6) is -0.185. The van der Waals surface area contributed by atoms with Crippen LogP contribution in [0.25, 0.3) is 0 Å². The molecule has 0 radical (unpaired) electrons. The maximum atomic E-state index is 13.8. The van der Waals surface area contributed by atoms with Crippen LogP contribution in [0, 0.1) is 0 Å². The summed E-state index contributed by atoms with van der Waals surface area (Å²) in [4.78, 5) is 16.0. The molecule has 1 saturated heterocycles. The number of amides is 2. The van der Waals surface area contributed by atoms with Gasteiger partial charge in [-0.2, -0.15) is 17.8 Å². The van der Waals surface area contributed by atoms with E-state index in [0.29, 0.717) is 30.4 Å². The van der Waals surface area contributed by atoms with Crippen molar-refractivity contribution in [2.75, 3.05) is 45.8 Å². The van der Waals surface area contributed by atoms with E-state index < -0.39 is 16.2 Å². The lowest BCUT2D eigenvalue weighted by atomic mass is 9.91. The molecule has 10 heteroatoms. The number of rotatable bonds is 9. The molecule has 1 unspecified atom stereocenters. The molecule has 1 atom stereocenters. The first-order valence-corrected chi connectivity index (χ1v) is 14.3. The van der Waals surface area contributed by atoms with Crippen LogP contribution in [-0.4, -0.2) is 84.5 Å². The largest absolute Gasteiger partial charge is 0.355 e. The third-order valence-electron chi connectivity index (χ3n) is 6.87. The van der Waals surface area contributed by atoms with E-state index in [1.165, 1.54) is 9.31 Å². The van der Waals surface area contributed by atoms with Gasteiger partial charge < -0.3 is 4.90 Å². The summed E-state index contributed by atoms with van der Waals surface area (Å²) in [6.45, 7) is 7.29. The predicted molar refractivity (Wildman–Crippen MR) is 143 cm³/mol. The van der Waals surface area contributed by atoms with Gasteiger partial charge >= 0.3 is 16.2 Å². The second-order valence-corrected chi connectivity index (χ2v) is 11.3. The van der Waals surface area contributed by atoms with Crippen molar-refractivity contribution in [3.05, 3.63) is 70.7 Å². The van der Waals surface area contributed by atoms with Crippen molar-refractivity contribution >= 4 is 33.6 Å². The topological polar surface area (TPSA) is 76.5 Å². The molecule has 0 saturated carbocycles. The van der Waals surface area contributed by atoms with Crippen LogP contribution in [0.5, 0.6) is 0 Å². The highest BCUT2D eigenvalue weighted by atomic mass is 35.5. The van der Waals surface area contributed by atoms with Gasteiger partial charge in [-0.1, -0.05) is 67.9 Å². The molecule has 2 aromatic carbocycles. The molecule has 36 heavy (non-hydrogen) atoms. The van der Waals surface area contributed by atoms with Gasteiger partial charge in [0, 0.05) is 30.6 Å². The molecule has 0 bridgehead atoms. The number of carbonyl (C=O) groups excluding carboxylic acids is 1. The van der Waals surface area contributed by atoms with E-state index in [1.807, 2.05) is 56.3 Å². The van der Waals surface area contributed by atoms with Gasteiger partial charge in [-0.05, 0) is 49.2 Å². The Balaban J connectivity index is 1.67. The van der Waals surface area contributed by atoms with Gasteiger partial charge in [-0.3, -0.25) is 0 Å². The smallest absolute Gasteiger partial charge is 0.302 e. The SMILES string of the molecule is CCN(CC)CCN(C(=O)N1CC(c2ccccc2)C(c2ccc(Cl)cc2)=N1)S(=O)(=O)N1CCCC1. The van der Waals surface area contributed by atoms with Crippen molar-refractivity contribution in [2.45, 2.75) is 32.6 Å². The van der Waals surface area contributed by atoms with Crippen LogP contribution in [-0.2, 0) is 10.2 Å². The number of benzene rings is 2. The number of likely N-dealkylation sites (N-methyl/N-ethyl adjacent to an activating group) is 1. The van der Waals surface area contributed by atoms with Crippen LogP contribution < -0.4 is 0 Å². The molecule has 0 spiro atoms. The van der Waals surface area contributed by atoms with Crippen molar-refractivity contribution < 1.29 is 13.2 Å². The summed E-state index contributed by atoms with van der Waals surface area (Å²) in [5.41, 5.74) is 2.58. The Bertz CT molecular complexity index is 1160. The number of nitrogens with zero attached hydrogens (tertiary/aromatic N) is 5. The Kier molecular flexibility index (Phi) is 8.66. The maximum Gasteiger partial charge on any atom is 0.355 e. The Morgan fingerprint density at radius 2 is 1.64 bits per heavy atom. The molecular formula is C26H34ClN5O3S. The lowest BCUT2D eigenvalue weighted by Gasteiger charge is -2.31. The van der Waals surface area contributed by atoms with E-state index in [1.54, 1.807) is 12.1 Å². The molecule has 1 fully saturated rings. The van der Waals surface area contributed by atoms with Crippen molar-refractivity contribution in [3.8, 4) is 0 Å². The normalized spacial score (nSPS) is 18.6. The quantitative estimate of drug-likeness (QED) is 0.485. The van der Waals surface area contributed by atoms with Crippen molar-refractivity contribution in [3.63, 3.8) is 0 Å². The first kappa shape index (κ1) is 26.6. The van der Waals surface area contributed by atoms with Crippen LogP contribution in [0.15, 0.2) is 59.7 Å². The molecule has 2 heterocycles. The summed E-state index contributed by atoms with van der Waals surface area (Å²) in [5, 5.41) is 6.62. The Morgan fingerprint density at radius 3 is 2.25 bits per heavy atom. The third kappa shape index (κ3) is 5.75. The molecule has 4 rings (SSSR count). The zero-order chi connectivity index (χ0) is 25.7. The van der Waals surface area contributed by atoms with Crippen LogP contribution in [0.2, 0.25) is 5.02 Å². The molecule has 0 aromatic heterocycles. The summed E-state index contributed by atoms with van der Waals surface area (Å²) in [7, 11) is -3.96. The standard InChI is InChI=1S/C26H34ClN5O3S/c1-3-29(4-2)18-19-32(36(34,35)30-16-8-9-17-30)26(33)31-20-24(21-10-6-5-7-11-21)25(28-31)22-12-14-23(27)15-13-22/h5-7,10-15,24H,3-4,8-9,16-20H2,1-2H3. The minimum Gasteiger partial charge on any atom is -0.302 e. The minimum absolute atomic E-state index is 0.0810. The highest BCUT2D eigenvalue weighted by Crippen LogP contribution is 2.31. The van der Waals surface area contributed by atoms with Crippen molar-refractivity contribution in [1.82, 2.24) is 18.5 Å². The average molecular weight is 532 g/mol. The maximum absolute atomic E-state index is 13.8. The first-order valence-electron chi connectivity index (χ1n) is 12.6. The summed E-state index contributed by atoms with van der Waals surface area (Å²) in [6, 6.07) is 16.6. The summed E-state index contributed by atoms with van der Waals surface area (Å²) >= 11 is 6.10. The van der Waals surface area contributed by atoms with Gasteiger partial charge in [-0.15, -0.1) is 0 Å². The van der Waals surface area contributed by atoms with E-state index in [4.69, 9.17) is 16.7 Å². The van der Waals surface area contributed by atoms with Crippen LogP contribution in [0.3, 0.4) is 0 Å². The van der Waals surface area contributed by atoms with Crippen LogP contribution >= 0.6 is 11.6 Å². The number of hydrogen-bond donors (Lipinski definition) is 0. The van der Waals surface area contributed by atoms with Gasteiger partial charge in [0.25, 0.3) is 0 Å². The van der Waals surface area contributed by atoms with E-state index in [2.05, 4.69) is 4.90 Å². The fraction of sp³-hybridized carbons (Fsp3) is 0.462. The van der Waals surface area contributed by atoms with Gasteiger partial charge in [0.2, 0.25) is 0 Å². The molecule has 2 aliphatic heterocycles. The fourth-order valence-electron chi connectivity index (χ4n) is 4.72. The number of carbonyl (C=O) groups is 1. The van der Waals surface area contributed by atoms with Crippen LogP contribution in [0.1, 0.15) is 43.7 Å². The molecule has 0 aliphatic carbocycles. The number of hydrazone groups is 1. The monoisotopic (exact) mass is 531 g/mol. The zero-order valence-corrected chi connectivity index (χ0v) is 22.5. The highest BCUT2D eigenvalue weighted by molar-refractivity contribution is 7.87. The lowest BCUT2D eigenvalue weighted by molar-refractivity contribution is 0.175. The molecule has 2 aromatic rings. The highest BCUT2D eigenvalue weighted by Gasteiger charge is 2.40. The zero-order valence-electron chi connectivity index (χ0n) is 20.9. The van der Waals surface area contributed by atoms with Crippen molar-refractivity contribution in [1.29, 1.82) is 0 Å². The second kappa shape index (κ2) is 11.7. The number of urea groups is 1. The van der Waals surface area contributed by atoms with E-state index >= 15 is 0 Å². The second-order valence-electron chi connectivity index (χ2n) is 9.03. The van der Waals surface area contributed by atoms with Crippen LogP contribution in [0.4, 0.5) is 4.79 Å². The molecular weight excluding hydrogens is 498 g/mol. The van der Waals surface area contributed by atoms with E-state index in [-0.39, 0.29) is 19.0 Å². The Morgan fingerprint density at radius 1 is 1.00 bits per heavy atom. The molecule has 0 N–H and O–H groups in total. The molecule has 8 nitrogen and oxygen atoms in total. The summed E-state index contributed by atoms with van der Waals surface area (Å²) in [6.07, 6.45) is 1.60.